The lowest BCUT2D eigenvalue weighted by molar-refractivity contribution is 0.218. The summed E-state index contributed by atoms with van der Waals surface area (Å²) in [7, 11) is 0. The van der Waals surface area contributed by atoms with E-state index in [0.29, 0.717) is 11.5 Å². The summed E-state index contributed by atoms with van der Waals surface area (Å²) in [6.45, 7) is 4.00. The molecule has 2 heterocycles. The number of nitrogens with zero attached hydrogens (tertiary/aromatic N) is 3. The zero-order valence-corrected chi connectivity index (χ0v) is 9.36. The molecule has 0 amide bonds. The maximum atomic E-state index is 9.34. The number of fused-ring (bicyclic) bond motifs is 1. The van der Waals surface area contributed by atoms with Crippen LogP contribution in [0.3, 0.4) is 0 Å². The fourth-order valence-electron chi connectivity index (χ4n) is 1.39. The van der Waals surface area contributed by atoms with E-state index in [9.17, 15) is 5.11 Å². The average molecular weight is 221 g/mol. The second-order valence-electron chi connectivity index (χ2n) is 4.02. The number of aliphatic hydroxyl groups excluding tert-OH is 1. The minimum absolute atomic E-state index is 0.0448. The summed E-state index contributed by atoms with van der Waals surface area (Å²) < 4.78 is 0. The zero-order valence-electron chi connectivity index (χ0n) is 9.36. The highest BCUT2D eigenvalue weighted by Gasteiger charge is 2.22. The van der Waals surface area contributed by atoms with Crippen LogP contribution >= 0.6 is 0 Å². The predicted molar refractivity (Wildman–Crippen MR) is 61.1 cm³/mol. The largest absolute Gasteiger partial charge is 0.394 e. The Morgan fingerprint density at radius 3 is 2.94 bits per heavy atom. The van der Waals surface area contributed by atoms with Gasteiger partial charge in [0.25, 0.3) is 0 Å². The summed E-state index contributed by atoms with van der Waals surface area (Å²) in [5, 5.41) is 12.5. The van der Waals surface area contributed by atoms with Crippen molar-refractivity contribution in [2.24, 2.45) is 0 Å². The highest BCUT2D eigenvalue weighted by molar-refractivity contribution is 5.82. The van der Waals surface area contributed by atoms with E-state index >= 15 is 0 Å². The molecule has 0 fully saturated rings. The van der Waals surface area contributed by atoms with E-state index in [1.807, 2.05) is 13.8 Å². The molecule has 2 aromatic heterocycles. The molecule has 0 spiro atoms. The third kappa shape index (κ3) is 1.83. The van der Waals surface area contributed by atoms with Gasteiger partial charge in [-0.25, -0.2) is 15.0 Å². The number of rotatable bonds is 4. The first-order chi connectivity index (χ1) is 7.68. The number of hydrogen-bond acceptors (Lipinski definition) is 5. The van der Waals surface area contributed by atoms with Crippen LogP contribution in [0.4, 0.5) is 5.82 Å². The van der Waals surface area contributed by atoms with Gasteiger partial charge in [0.1, 0.15) is 11.8 Å². The number of aromatic amines is 1. The highest BCUT2D eigenvalue weighted by Crippen LogP contribution is 2.20. The minimum atomic E-state index is -0.383. The van der Waals surface area contributed by atoms with Crippen molar-refractivity contribution in [3.8, 4) is 0 Å². The molecule has 3 N–H and O–H groups in total. The standard InChI is InChI=1S/C10H15N5O/c1-3-10(2,4-16)15-9-7-8(12-5-11-7)13-6-14-9/h5-6,16H,3-4H2,1-2H3,(H2,11,12,13,14,15). The van der Waals surface area contributed by atoms with Crippen LogP contribution in [0, 0.1) is 0 Å². The molecule has 0 aliphatic carbocycles. The Balaban J connectivity index is 2.37. The van der Waals surface area contributed by atoms with Crippen LogP contribution < -0.4 is 5.32 Å². The Labute approximate surface area is 93.1 Å². The fourth-order valence-corrected chi connectivity index (χ4v) is 1.39. The Kier molecular flexibility index (Phi) is 2.74. The molecule has 6 nitrogen and oxygen atoms in total. The topological polar surface area (TPSA) is 86.7 Å². The van der Waals surface area contributed by atoms with E-state index in [0.717, 1.165) is 11.9 Å². The van der Waals surface area contributed by atoms with Gasteiger partial charge in [-0.2, -0.15) is 0 Å². The highest BCUT2D eigenvalue weighted by atomic mass is 16.3. The first kappa shape index (κ1) is 10.8. The van der Waals surface area contributed by atoms with Crippen LogP contribution in [-0.4, -0.2) is 37.2 Å². The lowest BCUT2D eigenvalue weighted by Crippen LogP contribution is -2.38. The van der Waals surface area contributed by atoms with Crippen molar-refractivity contribution < 1.29 is 5.11 Å². The van der Waals surface area contributed by atoms with Gasteiger partial charge in [0, 0.05) is 0 Å². The van der Waals surface area contributed by atoms with E-state index in [1.54, 1.807) is 6.33 Å². The minimum Gasteiger partial charge on any atom is -0.394 e. The summed E-state index contributed by atoms with van der Waals surface area (Å²) in [5.41, 5.74) is 0.997. The first-order valence-electron chi connectivity index (χ1n) is 5.21. The summed E-state index contributed by atoms with van der Waals surface area (Å²) in [6.07, 6.45) is 3.83. The maximum Gasteiger partial charge on any atom is 0.182 e. The monoisotopic (exact) mass is 221 g/mol. The van der Waals surface area contributed by atoms with Gasteiger partial charge in [0.2, 0.25) is 0 Å². The zero-order chi connectivity index (χ0) is 11.6. The van der Waals surface area contributed by atoms with Crippen molar-refractivity contribution in [3.63, 3.8) is 0 Å². The summed E-state index contributed by atoms with van der Waals surface area (Å²) >= 11 is 0. The van der Waals surface area contributed by atoms with Crippen molar-refractivity contribution in [2.45, 2.75) is 25.8 Å². The molecule has 0 aliphatic rings. The van der Waals surface area contributed by atoms with E-state index in [1.165, 1.54) is 6.33 Å². The normalized spacial score (nSPS) is 14.9. The molecule has 0 aromatic carbocycles. The van der Waals surface area contributed by atoms with Crippen molar-refractivity contribution >= 4 is 17.0 Å². The van der Waals surface area contributed by atoms with Gasteiger partial charge >= 0.3 is 0 Å². The van der Waals surface area contributed by atoms with Gasteiger partial charge in [-0.15, -0.1) is 0 Å². The van der Waals surface area contributed by atoms with E-state index in [2.05, 4.69) is 25.3 Å². The number of aromatic nitrogens is 4. The summed E-state index contributed by atoms with van der Waals surface area (Å²) in [6, 6.07) is 0. The van der Waals surface area contributed by atoms with Crippen LogP contribution in [0.5, 0.6) is 0 Å². The van der Waals surface area contributed by atoms with E-state index < -0.39 is 0 Å². The SMILES string of the molecule is CCC(C)(CO)Nc1ncnc2nc[nH]c12. The summed E-state index contributed by atoms with van der Waals surface area (Å²) in [5.74, 6) is 0.668. The van der Waals surface area contributed by atoms with Gasteiger partial charge < -0.3 is 15.4 Å². The molecule has 1 atom stereocenters. The van der Waals surface area contributed by atoms with Crippen LogP contribution in [0.15, 0.2) is 12.7 Å². The molecule has 16 heavy (non-hydrogen) atoms. The molecule has 2 aromatic rings. The molecule has 6 heteroatoms. The Morgan fingerprint density at radius 1 is 1.44 bits per heavy atom. The molecule has 0 saturated carbocycles. The van der Waals surface area contributed by atoms with E-state index in [-0.39, 0.29) is 12.1 Å². The van der Waals surface area contributed by atoms with Crippen LogP contribution in [0.1, 0.15) is 20.3 Å². The van der Waals surface area contributed by atoms with Crippen LogP contribution in [0.2, 0.25) is 0 Å². The third-order valence-corrected chi connectivity index (χ3v) is 2.77. The van der Waals surface area contributed by atoms with Crippen molar-refractivity contribution in [1.82, 2.24) is 19.9 Å². The molecular formula is C10H15N5O. The van der Waals surface area contributed by atoms with Gasteiger partial charge in [0.05, 0.1) is 18.5 Å². The molecular weight excluding hydrogens is 206 g/mol. The van der Waals surface area contributed by atoms with Crippen LogP contribution in [0.25, 0.3) is 11.2 Å². The van der Waals surface area contributed by atoms with Crippen molar-refractivity contribution in [1.29, 1.82) is 0 Å². The number of H-pyrrole nitrogens is 1. The average Bonchev–Trinajstić information content (AvgIpc) is 2.78. The van der Waals surface area contributed by atoms with Gasteiger partial charge in [-0.3, -0.25) is 0 Å². The lowest BCUT2D eigenvalue weighted by atomic mass is 10.0. The number of anilines is 1. The molecule has 2 rings (SSSR count). The molecule has 0 aliphatic heterocycles. The second-order valence-corrected chi connectivity index (χ2v) is 4.02. The Morgan fingerprint density at radius 2 is 2.25 bits per heavy atom. The third-order valence-electron chi connectivity index (χ3n) is 2.77. The summed E-state index contributed by atoms with van der Waals surface area (Å²) in [4.78, 5) is 15.2. The molecule has 0 radical (unpaired) electrons. The Bertz CT molecular complexity index is 477. The second kappa shape index (κ2) is 4.05. The predicted octanol–water partition coefficient (Wildman–Crippen LogP) is 0.926. The van der Waals surface area contributed by atoms with Crippen molar-refractivity contribution in [3.05, 3.63) is 12.7 Å². The quantitative estimate of drug-likeness (QED) is 0.714. The first-order valence-corrected chi connectivity index (χ1v) is 5.21. The smallest absolute Gasteiger partial charge is 0.182 e. The van der Waals surface area contributed by atoms with E-state index in [4.69, 9.17) is 0 Å². The van der Waals surface area contributed by atoms with Gasteiger partial charge in [0.15, 0.2) is 11.5 Å². The number of aliphatic hydroxyl groups is 1. The maximum absolute atomic E-state index is 9.34. The molecule has 86 valence electrons. The molecule has 1 unspecified atom stereocenters. The number of nitrogens with one attached hydrogen (secondary N) is 2. The molecule has 0 saturated heterocycles. The Hall–Kier alpha value is -1.69. The van der Waals surface area contributed by atoms with Crippen molar-refractivity contribution in [2.75, 3.05) is 11.9 Å². The number of hydrogen-bond donors (Lipinski definition) is 3. The van der Waals surface area contributed by atoms with Crippen LogP contribution in [-0.2, 0) is 0 Å². The fraction of sp³-hybridized carbons (Fsp3) is 0.500. The lowest BCUT2D eigenvalue weighted by Gasteiger charge is -2.27. The number of imidazole rings is 1. The van der Waals surface area contributed by atoms with Gasteiger partial charge in [-0.1, -0.05) is 6.92 Å². The van der Waals surface area contributed by atoms with Gasteiger partial charge in [-0.05, 0) is 13.3 Å². The molecule has 0 bridgehead atoms.